The highest BCUT2D eigenvalue weighted by atomic mass is 32.2. The zero-order valence-corrected chi connectivity index (χ0v) is 20.8. The molecule has 1 amide bonds. The summed E-state index contributed by atoms with van der Waals surface area (Å²) in [6.45, 7) is 2.47. The average molecular weight is 513 g/mol. The molecule has 1 N–H and O–H groups in total. The molecule has 1 aliphatic heterocycles. The van der Waals surface area contributed by atoms with E-state index in [1.807, 2.05) is 25.1 Å². The molecular weight excluding hydrogens is 484 g/mol. The van der Waals surface area contributed by atoms with Crippen LogP contribution in [0.3, 0.4) is 0 Å². The smallest absolute Gasteiger partial charge is 0.322 e. The van der Waals surface area contributed by atoms with Crippen LogP contribution in [-0.4, -0.2) is 48.2 Å². The number of amides is 1. The second-order valence-electron chi connectivity index (χ2n) is 8.84. The van der Waals surface area contributed by atoms with Crippen LogP contribution < -0.4 is 14.8 Å². The van der Waals surface area contributed by atoms with Crippen LogP contribution in [0.15, 0.2) is 51.8 Å². The van der Waals surface area contributed by atoms with E-state index in [-0.39, 0.29) is 29.3 Å². The maximum Gasteiger partial charge on any atom is 0.322 e. The van der Waals surface area contributed by atoms with Gasteiger partial charge in [-0.15, -0.1) is 5.10 Å². The molecular formula is C25H28N4O6S. The van der Waals surface area contributed by atoms with Crippen molar-refractivity contribution < 1.29 is 27.1 Å². The topological polar surface area (TPSA) is 124 Å². The molecule has 0 spiro atoms. The van der Waals surface area contributed by atoms with E-state index in [4.69, 9.17) is 13.9 Å². The number of hydrogen-bond donors (Lipinski definition) is 1. The van der Waals surface area contributed by atoms with Crippen LogP contribution in [0.25, 0.3) is 0 Å². The first-order valence-electron chi connectivity index (χ1n) is 12.1. The summed E-state index contributed by atoms with van der Waals surface area (Å²) in [6.07, 6.45) is 5.37. The summed E-state index contributed by atoms with van der Waals surface area (Å²) in [4.78, 5) is 12.9. The van der Waals surface area contributed by atoms with Crippen molar-refractivity contribution in [3.8, 4) is 11.5 Å². The monoisotopic (exact) mass is 512 g/mol. The van der Waals surface area contributed by atoms with Gasteiger partial charge in [0, 0.05) is 18.2 Å². The Balaban J connectivity index is 1.23. The molecule has 36 heavy (non-hydrogen) atoms. The fraction of sp³-hybridized carbons (Fsp3) is 0.400. The molecule has 3 aromatic rings. The van der Waals surface area contributed by atoms with E-state index >= 15 is 0 Å². The second-order valence-corrected chi connectivity index (χ2v) is 10.7. The van der Waals surface area contributed by atoms with Gasteiger partial charge in [0.25, 0.3) is 5.91 Å². The number of fused-ring (bicyclic) bond motifs is 1. The van der Waals surface area contributed by atoms with Gasteiger partial charge in [-0.25, -0.2) is 8.42 Å². The summed E-state index contributed by atoms with van der Waals surface area (Å²) in [5, 5.41) is 10.4. The lowest BCUT2D eigenvalue weighted by molar-refractivity contribution is 0.102. The average Bonchev–Trinajstić information content (AvgIpc) is 3.54. The van der Waals surface area contributed by atoms with Gasteiger partial charge in [-0.1, -0.05) is 37.4 Å². The van der Waals surface area contributed by atoms with Gasteiger partial charge in [-0.2, -0.15) is 4.31 Å². The third-order valence-electron chi connectivity index (χ3n) is 6.50. The molecule has 0 saturated heterocycles. The molecule has 0 bridgehead atoms. The van der Waals surface area contributed by atoms with Gasteiger partial charge >= 0.3 is 6.01 Å². The molecule has 0 radical (unpaired) electrons. The number of hydrogen-bond acceptors (Lipinski definition) is 8. The highest BCUT2D eigenvalue weighted by Crippen LogP contribution is 2.33. The van der Waals surface area contributed by atoms with E-state index < -0.39 is 15.9 Å². The van der Waals surface area contributed by atoms with Crippen LogP contribution in [-0.2, 0) is 16.4 Å². The van der Waals surface area contributed by atoms with Crippen LogP contribution in [0.1, 0.15) is 60.8 Å². The molecule has 0 unspecified atom stereocenters. The minimum Gasteiger partial charge on any atom is -0.454 e. The van der Waals surface area contributed by atoms with Gasteiger partial charge in [0.05, 0.1) is 11.3 Å². The number of sulfonamides is 1. The quantitative estimate of drug-likeness (QED) is 0.481. The highest BCUT2D eigenvalue weighted by molar-refractivity contribution is 7.89. The SMILES string of the molecule is CCN(C1CCCCC1)S(=O)(=O)c1ccc(C(=O)Nc2nnc(Cc3ccc4c(c3)OCO4)o2)cc1. The zero-order valence-electron chi connectivity index (χ0n) is 20.0. The molecule has 1 aliphatic carbocycles. The first kappa shape index (κ1) is 24.3. The summed E-state index contributed by atoms with van der Waals surface area (Å²) in [6, 6.07) is 11.4. The molecule has 11 heteroatoms. The van der Waals surface area contributed by atoms with Crippen molar-refractivity contribution in [2.45, 2.75) is 56.4 Å². The summed E-state index contributed by atoms with van der Waals surface area (Å²) in [5.41, 5.74) is 1.18. The van der Waals surface area contributed by atoms with Gasteiger partial charge in [0.15, 0.2) is 11.5 Å². The maximum absolute atomic E-state index is 13.2. The third kappa shape index (κ3) is 5.07. The minimum absolute atomic E-state index is 0.0288. The van der Waals surface area contributed by atoms with Crippen LogP contribution >= 0.6 is 0 Å². The zero-order chi connectivity index (χ0) is 25.1. The largest absolute Gasteiger partial charge is 0.454 e. The lowest BCUT2D eigenvalue weighted by Gasteiger charge is -2.32. The molecule has 2 aromatic carbocycles. The first-order chi connectivity index (χ1) is 17.4. The highest BCUT2D eigenvalue weighted by Gasteiger charge is 2.31. The Bertz CT molecular complexity index is 1330. The van der Waals surface area contributed by atoms with Crippen molar-refractivity contribution >= 4 is 21.9 Å². The van der Waals surface area contributed by atoms with Gasteiger partial charge in [-0.3, -0.25) is 10.1 Å². The van der Waals surface area contributed by atoms with Gasteiger partial charge in [-0.05, 0) is 54.8 Å². The Morgan fingerprint density at radius 1 is 1.03 bits per heavy atom. The van der Waals surface area contributed by atoms with E-state index in [0.29, 0.717) is 30.4 Å². The van der Waals surface area contributed by atoms with Gasteiger partial charge < -0.3 is 13.9 Å². The standard InChI is InChI=1S/C25H28N4O6S/c1-2-29(19-6-4-3-5-7-19)36(31,32)20-11-9-18(10-12-20)24(30)26-25-28-27-23(35-25)15-17-8-13-21-22(14-17)34-16-33-21/h8-14,19H,2-7,15-16H2,1H3,(H,26,28,30). The van der Waals surface area contributed by atoms with Crippen LogP contribution in [0, 0.1) is 0 Å². The summed E-state index contributed by atoms with van der Waals surface area (Å²) >= 11 is 0. The molecule has 2 aliphatic rings. The molecule has 2 heterocycles. The number of nitrogens with one attached hydrogen (secondary N) is 1. The first-order valence-corrected chi connectivity index (χ1v) is 13.5. The number of benzene rings is 2. The third-order valence-corrected chi connectivity index (χ3v) is 8.54. The Morgan fingerprint density at radius 3 is 2.53 bits per heavy atom. The summed E-state index contributed by atoms with van der Waals surface area (Å²) in [7, 11) is -3.64. The maximum atomic E-state index is 13.2. The predicted molar refractivity (Wildman–Crippen MR) is 131 cm³/mol. The van der Waals surface area contributed by atoms with Crippen molar-refractivity contribution in [3.63, 3.8) is 0 Å². The van der Waals surface area contributed by atoms with E-state index in [2.05, 4.69) is 15.5 Å². The number of aromatic nitrogens is 2. The molecule has 1 fully saturated rings. The van der Waals surface area contributed by atoms with Crippen molar-refractivity contribution in [1.29, 1.82) is 0 Å². The van der Waals surface area contributed by atoms with Crippen LogP contribution in [0.4, 0.5) is 6.01 Å². The Labute approximate surface area is 209 Å². The molecule has 0 atom stereocenters. The van der Waals surface area contributed by atoms with E-state index in [1.54, 1.807) is 4.31 Å². The summed E-state index contributed by atoms with van der Waals surface area (Å²) in [5.74, 6) is 1.20. The Morgan fingerprint density at radius 2 is 1.78 bits per heavy atom. The van der Waals surface area contributed by atoms with Crippen LogP contribution in [0.2, 0.25) is 0 Å². The molecule has 190 valence electrons. The minimum atomic E-state index is -3.64. The van der Waals surface area contributed by atoms with E-state index in [0.717, 1.165) is 37.7 Å². The lowest BCUT2D eigenvalue weighted by Crippen LogP contribution is -2.41. The number of rotatable bonds is 8. The van der Waals surface area contributed by atoms with E-state index in [1.165, 1.54) is 24.3 Å². The van der Waals surface area contributed by atoms with Crippen molar-refractivity contribution in [1.82, 2.24) is 14.5 Å². The lowest BCUT2D eigenvalue weighted by atomic mass is 9.95. The van der Waals surface area contributed by atoms with E-state index in [9.17, 15) is 13.2 Å². The number of anilines is 1. The fourth-order valence-corrected chi connectivity index (χ4v) is 6.37. The normalized spacial score (nSPS) is 15.8. The summed E-state index contributed by atoms with van der Waals surface area (Å²) < 4.78 is 44.3. The number of nitrogens with zero attached hydrogens (tertiary/aromatic N) is 3. The van der Waals surface area contributed by atoms with Crippen molar-refractivity contribution in [3.05, 3.63) is 59.5 Å². The number of carbonyl (C=O) groups excluding carboxylic acids is 1. The van der Waals surface area contributed by atoms with Gasteiger partial charge in [0.2, 0.25) is 22.7 Å². The molecule has 1 saturated carbocycles. The number of ether oxygens (including phenoxy) is 2. The number of carbonyl (C=O) groups is 1. The molecule has 10 nitrogen and oxygen atoms in total. The van der Waals surface area contributed by atoms with Gasteiger partial charge in [0.1, 0.15) is 0 Å². The Hall–Kier alpha value is -3.44. The fourth-order valence-electron chi connectivity index (χ4n) is 4.68. The predicted octanol–water partition coefficient (Wildman–Crippen LogP) is 3.98. The van der Waals surface area contributed by atoms with Crippen LogP contribution in [0.5, 0.6) is 11.5 Å². The molecule has 5 rings (SSSR count). The van der Waals surface area contributed by atoms with Crippen molar-refractivity contribution in [2.75, 3.05) is 18.7 Å². The Kier molecular flexibility index (Phi) is 6.92. The second kappa shape index (κ2) is 10.3. The van der Waals surface area contributed by atoms with Crippen molar-refractivity contribution in [2.24, 2.45) is 0 Å². The molecule has 1 aromatic heterocycles.